The van der Waals surface area contributed by atoms with Gasteiger partial charge < -0.3 is 19.7 Å². The van der Waals surface area contributed by atoms with Crippen LogP contribution in [-0.4, -0.2) is 39.2 Å². The monoisotopic (exact) mass is 512 g/mol. The predicted octanol–water partition coefficient (Wildman–Crippen LogP) is 3.85. The zero-order chi connectivity index (χ0) is 20.7. The molecule has 0 fully saturated rings. The molecule has 29 heavy (non-hydrogen) atoms. The molecule has 0 saturated carbocycles. The second-order valence-electron chi connectivity index (χ2n) is 6.31. The molecule has 0 aromatic heterocycles. The minimum Gasteiger partial charge on any atom is -0.493 e. The summed E-state index contributed by atoms with van der Waals surface area (Å²) in [7, 11) is 6.77. The standard InChI is InChI=1S/C21H25FN4O2.HI/c1-14-8-19(27-4)20(28-5)10-17(14)13-26(3)21(24-2)25-12-16-9-15(11-23)6-7-18(16)22;/h6-10H,12-13H2,1-5H3,(H,24,25);1H. The maximum Gasteiger partial charge on any atom is 0.193 e. The second kappa shape index (κ2) is 11.5. The van der Waals surface area contributed by atoms with Crippen LogP contribution in [0.1, 0.15) is 22.3 Å². The highest BCUT2D eigenvalue weighted by atomic mass is 127. The van der Waals surface area contributed by atoms with Crippen LogP contribution >= 0.6 is 24.0 Å². The Morgan fingerprint density at radius 2 is 1.83 bits per heavy atom. The van der Waals surface area contributed by atoms with Crippen LogP contribution in [0, 0.1) is 24.1 Å². The molecule has 156 valence electrons. The van der Waals surface area contributed by atoms with Gasteiger partial charge in [0.1, 0.15) is 5.82 Å². The molecule has 0 aliphatic carbocycles. The van der Waals surface area contributed by atoms with Gasteiger partial charge in [0, 0.05) is 32.7 Å². The van der Waals surface area contributed by atoms with Crippen molar-refractivity contribution in [3.63, 3.8) is 0 Å². The van der Waals surface area contributed by atoms with Gasteiger partial charge in [-0.05, 0) is 48.4 Å². The minimum absolute atomic E-state index is 0. The molecule has 2 rings (SSSR count). The van der Waals surface area contributed by atoms with Gasteiger partial charge in [0.25, 0.3) is 0 Å². The minimum atomic E-state index is -0.361. The van der Waals surface area contributed by atoms with Gasteiger partial charge in [-0.15, -0.1) is 24.0 Å². The van der Waals surface area contributed by atoms with E-state index in [1.54, 1.807) is 21.3 Å². The molecule has 6 nitrogen and oxygen atoms in total. The summed E-state index contributed by atoms with van der Waals surface area (Å²) in [6.07, 6.45) is 0. The first-order chi connectivity index (χ1) is 13.4. The fourth-order valence-electron chi connectivity index (χ4n) is 2.86. The first kappa shape index (κ1) is 24.5. The van der Waals surface area contributed by atoms with Crippen LogP contribution in [0.25, 0.3) is 0 Å². The third-order valence-electron chi connectivity index (χ3n) is 4.43. The Hall–Kier alpha value is -2.54. The van der Waals surface area contributed by atoms with E-state index in [1.165, 1.54) is 18.2 Å². The number of methoxy groups -OCH3 is 2. The number of nitrogens with one attached hydrogen (secondary N) is 1. The van der Waals surface area contributed by atoms with Gasteiger partial charge in [-0.25, -0.2) is 4.39 Å². The van der Waals surface area contributed by atoms with Crippen molar-refractivity contribution in [1.82, 2.24) is 10.2 Å². The van der Waals surface area contributed by atoms with Gasteiger partial charge in [-0.1, -0.05) is 0 Å². The largest absolute Gasteiger partial charge is 0.493 e. The molecule has 0 radical (unpaired) electrons. The molecule has 0 aliphatic heterocycles. The lowest BCUT2D eigenvalue weighted by Gasteiger charge is -2.24. The van der Waals surface area contributed by atoms with Crippen LogP contribution in [-0.2, 0) is 13.1 Å². The number of aryl methyl sites for hydroxylation is 1. The van der Waals surface area contributed by atoms with Crippen molar-refractivity contribution in [2.24, 2.45) is 4.99 Å². The molecular weight excluding hydrogens is 486 g/mol. The molecule has 2 aromatic rings. The summed E-state index contributed by atoms with van der Waals surface area (Å²) in [5, 5.41) is 12.1. The Morgan fingerprint density at radius 3 is 2.41 bits per heavy atom. The molecule has 2 aromatic carbocycles. The molecule has 0 aliphatic rings. The van der Waals surface area contributed by atoms with E-state index in [-0.39, 0.29) is 36.3 Å². The topological polar surface area (TPSA) is 69.9 Å². The molecule has 0 unspecified atom stereocenters. The predicted molar refractivity (Wildman–Crippen MR) is 122 cm³/mol. The highest BCUT2D eigenvalue weighted by Gasteiger charge is 2.13. The van der Waals surface area contributed by atoms with E-state index >= 15 is 0 Å². The van der Waals surface area contributed by atoms with Crippen LogP contribution in [0.4, 0.5) is 4.39 Å². The number of ether oxygens (including phenoxy) is 2. The van der Waals surface area contributed by atoms with Crippen molar-refractivity contribution in [3.05, 3.63) is 58.4 Å². The molecule has 1 N–H and O–H groups in total. The smallest absolute Gasteiger partial charge is 0.193 e. The number of benzene rings is 2. The van der Waals surface area contributed by atoms with Gasteiger partial charge in [-0.2, -0.15) is 5.26 Å². The first-order valence-corrected chi connectivity index (χ1v) is 8.75. The number of halogens is 2. The zero-order valence-corrected chi connectivity index (χ0v) is 19.6. The fourth-order valence-corrected chi connectivity index (χ4v) is 2.86. The maximum absolute atomic E-state index is 14.0. The van der Waals surface area contributed by atoms with E-state index in [2.05, 4.69) is 10.3 Å². The average Bonchev–Trinajstić information content (AvgIpc) is 2.70. The highest BCUT2D eigenvalue weighted by Crippen LogP contribution is 2.30. The third kappa shape index (κ3) is 6.22. The van der Waals surface area contributed by atoms with Crippen LogP contribution < -0.4 is 14.8 Å². The third-order valence-corrected chi connectivity index (χ3v) is 4.43. The van der Waals surface area contributed by atoms with Gasteiger partial charge in [0.05, 0.1) is 25.9 Å². The number of rotatable bonds is 6. The lowest BCUT2D eigenvalue weighted by Crippen LogP contribution is -2.38. The van der Waals surface area contributed by atoms with Gasteiger partial charge in [0.15, 0.2) is 17.5 Å². The van der Waals surface area contributed by atoms with Crippen molar-refractivity contribution >= 4 is 29.9 Å². The van der Waals surface area contributed by atoms with Crippen molar-refractivity contribution in [1.29, 1.82) is 5.26 Å². The number of nitrogens with zero attached hydrogens (tertiary/aromatic N) is 3. The number of aliphatic imine (C=N–C) groups is 1. The van der Waals surface area contributed by atoms with Gasteiger partial charge in [0.2, 0.25) is 0 Å². The van der Waals surface area contributed by atoms with Crippen molar-refractivity contribution in [3.8, 4) is 17.6 Å². The van der Waals surface area contributed by atoms with E-state index in [0.29, 0.717) is 35.1 Å². The molecular formula is C21H26FIN4O2. The molecule has 0 bridgehead atoms. The van der Waals surface area contributed by atoms with Crippen LogP contribution in [0.5, 0.6) is 11.5 Å². The molecule has 0 amide bonds. The lowest BCUT2D eigenvalue weighted by atomic mass is 10.1. The Bertz CT molecular complexity index is 912. The van der Waals surface area contributed by atoms with Crippen LogP contribution in [0.15, 0.2) is 35.3 Å². The summed E-state index contributed by atoms with van der Waals surface area (Å²) in [6.45, 7) is 2.81. The SMILES string of the molecule is CN=C(NCc1cc(C#N)ccc1F)N(C)Cc1cc(OC)c(OC)cc1C.I. The number of guanidine groups is 1. The first-order valence-electron chi connectivity index (χ1n) is 8.75. The van der Waals surface area contributed by atoms with E-state index < -0.39 is 0 Å². The Labute approximate surface area is 188 Å². The van der Waals surface area contributed by atoms with E-state index in [4.69, 9.17) is 14.7 Å². The summed E-state index contributed by atoms with van der Waals surface area (Å²) in [4.78, 5) is 6.20. The van der Waals surface area contributed by atoms with Gasteiger partial charge in [-0.3, -0.25) is 4.99 Å². The molecule has 0 saturated heterocycles. The molecule has 8 heteroatoms. The Balaban J connectivity index is 0.00000420. The van der Waals surface area contributed by atoms with E-state index in [1.807, 2.05) is 37.1 Å². The summed E-state index contributed by atoms with van der Waals surface area (Å²) in [5.41, 5.74) is 2.95. The summed E-state index contributed by atoms with van der Waals surface area (Å²) < 4.78 is 24.7. The summed E-state index contributed by atoms with van der Waals surface area (Å²) >= 11 is 0. The van der Waals surface area contributed by atoms with Crippen LogP contribution in [0.3, 0.4) is 0 Å². The Morgan fingerprint density at radius 1 is 1.17 bits per heavy atom. The van der Waals surface area contributed by atoms with Gasteiger partial charge >= 0.3 is 0 Å². The van der Waals surface area contributed by atoms with Crippen molar-refractivity contribution in [2.75, 3.05) is 28.3 Å². The molecule has 0 spiro atoms. The molecule has 0 atom stereocenters. The number of hydrogen-bond donors (Lipinski definition) is 1. The quantitative estimate of drug-likeness (QED) is 0.362. The molecule has 0 heterocycles. The average molecular weight is 512 g/mol. The maximum atomic E-state index is 14.0. The van der Waals surface area contributed by atoms with E-state index in [9.17, 15) is 4.39 Å². The number of hydrogen-bond acceptors (Lipinski definition) is 4. The van der Waals surface area contributed by atoms with Crippen LogP contribution in [0.2, 0.25) is 0 Å². The van der Waals surface area contributed by atoms with E-state index in [0.717, 1.165) is 11.1 Å². The Kier molecular flexibility index (Phi) is 9.68. The highest BCUT2D eigenvalue weighted by molar-refractivity contribution is 14.0. The summed E-state index contributed by atoms with van der Waals surface area (Å²) in [6, 6.07) is 10.2. The fraction of sp³-hybridized carbons (Fsp3) is 0.333. The van der Waals surface area contributed by atoms with Crippen molar-refractivity contribution in [2.45, 2.75) is 20.0 Å². The lowest BCUT2D eigenvalue weighted by molar-refractivity contribution is 0.353. The normalized spacial score (nSPS) is 10.6. The van der Waals surface area contributed by atoms with Crippen molar-refractivity contribution < 1.29 is 13.9 Å². The second-order valence-corrected chi connectivity index (χ2v) is 6.31. The number of nitriles is 1. The summed E-state index contributed by atoms with van der Waals surface area (Å²) in [5.74, 6) is 1.59. The zero-order valence-electron chi connectivity index (χ0n) is 17.2.